The van der Waals surface area contributed by atoms with Gasteiger partial charge in [0.25, 0.3) is 0 Å². The summed E-state index contributed by atoms with van der Waals surface area (Å²) in [5.74, 6) is 0.197. The van der Waals surface area contributed by atoms with E-state index in [2.05, 4.69) is 6.92 Å². The monoisotopic (exact) mass is 245 g/mol. The summed E-state index contributed by atoms with van der Waals surface area (Å²) in [7, 11) is 0. The van der Waals surface area contributed by atoms with Gasteiger partial charge in [0.1, 0.15) is 0 Å². The van der Waals surface area contributed by atoms with Gasteiger partial charge in [0.05, 0.1) is 0 Å². The van der Waals surface area contributed by atoms with E-state index in [1.807, 2.05) is 25.1 Å². The van der Waals surface area contributed by atoms with Gasteiger partial charge in [-0.3, -0.25) is 4.79 Å². The molecule has 1 aromatic rings. The minimum absolute atomic E-state index is 0.197. The van der Waals surface area contributed by atoms with Crippen molar-refractivity contribution in [1.82, 2.24) is 0 Å². The van der Waals surface area contributed by atoms with Crippen LogP contribution < -0.4 is 5.73 Å². The Labute approximate surface area is 110 Å². The Kier molecular flexibility index (Phi) is 3.86. The Morgan fingerprint density at radius 1 is 1.17 bits per heavy atom. The lowest BCUT2D eigenvalue weighted by molar-refractivity contribution is 0.0934. The van der Waals surface area contributed by atoms with Crippen molar-refractivity contribution in [1.29, 1.82) is 0 Å². The molecule has 2 nitrogen and oxygen atoms in total. The minimum atomic E-state index is -0.256. The predicted octanol–water partition coefficient (Wildman–Crippen LogP) is 3.54. The van der Waals surface area contributed by atoms with Crippen LogP contribution >= 0.6 is 0 Å². The van der Waals surface area contributed by atoms with Gasteiger partial charge in [0.15, 0.2) is 5.78 Å². The van der Waals surface area contributed by atoms with E-state index >= 15 is 0 Å². The van der Waals surface area contributed by atoms with E-state index in [-0.39, 0.29) is 11.3 Å². The van der Waals surface area contributed by atoms with E-state index in [1.165, 1.54) is 17.5 Å². The van der Waals surface area contributed by atoms with Gasteiger partial charge >= 0.3 is 0 Å². The third-order valence-electron chi connectivity index (χ3n) is 4.19. The molecule has 0 aromatic heterocycles. The fraction of sp³-hybridized carbons (Fsp3) is 0.562. The molecule has 2 heteroatoms. The molecule has 0 unspecified atom stereocenters. The summed E-state index contributed by atoms with van der Waals surface area (Å²) in [6.45, 7) is 4.11. The van der Waals surface area contributed by atoms with Crippen LogP contribution in [0.15, 0.2) is 18.2 Å². The largest absolute Gasteiger partial charge is 0.325 e. The fourth-order valence-electron chi connectivity index (χ4n) is 2.77. The lowest BCUT2D eigenvalue weighted by Crippen LogP contribution is -2.43. The number of carbonyl (C=O) groups excluding carboxylic acids is 1. The van der Waals surface area contributed by atoms with Crippen LogP contribution in [0.1, 0.15) is 60.0 Å². The lowest BCUT2D eigenvalue weighted by Gasteiger charge is -2.32. The van der Waals surface area contributed by atoms with Crippen LogP contribution in [0.25, 0.3) is 0 Å². The molecule has 1 saturated carbocycles. The maximum Gasteiger partial charge on any atom is 0.164 e. The normalized spacial score (nSPS) is 18.6. The molecule has 1 fully saturated rings. The highest BCUT2D eigenvalue weighted by Crippen LogP contribution is 2.30. The molecule has 2 N–H and O–H groups in total. The lowest BCUT2D eigenvalue weighted by atomic mass is 9.78. The van der Waals surface area contributed by atoms with Crippen molar-refractivity contribution < 1.29 is 4.79 Å². The standard InChI is InChI=1S/C16H23NO/c1-12-6-7-14(10-13(12)2)15(18)11-16(17)8-4-3-5-9-16/h6-7,10H,3-5,8-9,11,17H2,1-2H3. The first-order valence-electron chi connectivity index (χ1n) is 6.90. The Bertz CT molecular complexity index is 444. The van der Waals surface area contributed by atoms with Crippen molar-refractivity contribution in [2.75, 3.05) is 0 Å². The molecular formula is C16H23NO. The first-order valence-corrected chi connectivity index (χ1v) is 6.90. The Morgan fingerprint density at radius 3 is 2.44 bits per heavy atom. The number of aryl methyl sites for hydroxylation is 2. The second-order valence-corrected chi connectivity index (χ2v) is 5.82. The van der Waals surface area contributed by atoms with E-state index in [0.29, 0.717) is 6.42 Å². The second kappa shape index (κ2) is 5.23. The number of benzene rings is 1. The number of ketones is 1. The van der Waals surface area contributed by atoms with Gasteiger partial charge < -0.3 is 5.73 Å². The van der Waals surface area contributed by atoms with Crippen molar-refractivity contribution >= 4 is 5.78 Å². The molecule has 0 heterocycles. The highest BCUT2D eigenvalue weighted by Gasteiger charge is 2.30. The molecule has 0 radical (unpaired) electrons. The number of carbonyl (C=O) groups is 1. The number of hydrogen-bond donors (Lipinski definition) is 1. The summed E-state index contributed by atoms with van der Waals surface area (Å²) < 4.78 is 0. The summed E-state index contributed by atoms with van der Waals surface area (Å²) in [5.41, 5.74) is 9.31. The van der Waals surface area contributed by atoms with Crippen molar-refractivity contribution in [2.45, 2.75) is 57.9 Å². The third kappa shape index (κ3) is 2.99. The first-order chi connectivity index (χ1) is 8.50. The molecule has 0 bridgehead atoms. The molecule has 1 aliphatic rings. The van der Waals surface area contributed by atoms with Crippen LogP contribution in [-0.4, -0.2) is 11.3 Å². The molecule has 0 saturated heterocycles. The topological polar surface area (TPSA) is 43.1 Å². The molecule has 0 aliphatic heterocycles. The molecular weight excluding hydrogens is 222 g/mol. The highest BCUT2D eigenvalue weighted by atomic mass is 16.1. The molecule has 0 amide bonds. The minimum Gasteiger partial charge on any atom is -0.325 e. The van der Waals surface area contributed by atoms with Gasteiger partial charge in [-0.1, -0.05) is 31.4 Å². The van der Waals surface area contributed by atoms with Gasteiger partial charge in [0.2, 0.25) is 0 Å². The molecule has 1 aromatic carbocycles. The van der Waals surface area contributed by atoms with Gasteiger partial charge in [-0.15, -0.1) is 0 Å². The predicted molar refractivity (Wildman–Crippen MR) is 74.9 cm³/mol. The smallest absolute Gasteiger partial charge is 0.164 e. The number of hydrogen-bond acceptors (Lipinski definition) is 2. The van der Waals surface area contributed by atoms with Gasteiger partial charge in [0, 0.05) is 17.5 Å². The van der Waals surface area contributed by atoms with E-state index in [9.17, 15) is 4.79 Å². The zero-order valence-electron chi connectivity index (χ0n) is 11.5. The Morgan fingerprint density at radius 2 is 1.83 bits per heavy atom. The zero-order valence-corrected chi connectivity index (χ0v) is 11.5. The average molecular weight is 245 g/mol. The molecule has 2 rings (SSSR count). The highest BCUT2D eigenvalue weighted by molar-refractivity contribution is 5.97. The third-order valence-corrected chi connectivity index (χ3v) is 4.19. The van der Waals surface area contributed by atoms with Gasteiger partial charge in [-0.05, 0) is 43.9 Å². The number of nitrogens with two attached hydrogens (primary N) is 1. The van der Waals surface area contributed by atoms with Crippen molar-refractivity contribution in [2.24, 2.45) is 5.73 Å². The molecule has 1 aliphatic carbocycles. The maximum absolute atomic E-state index is 12.3. The number of rotatable bonds is 3. The molecule has 18 heavy (non-hydrogen) atoms. The van der Waals surface area contributed by atoms with Crippen molar-refractivity contribution in [3.63, 3.8) is 0 Å². The summed E-state index contributed by atoms with van der Waals surface area (Å²) in [4.78, 5) is 12.3. The number of Topliss-reactive ketones (excluding diaryl/α,β-unsaturated/α-hetero) is 1. The summed E-state index contributed by atoms with van der Waals surface area (Å²) in [6, 6.07) is 5.94. The van der Waals surface area contributed by atoms with Gasteiger partial charge in [-0.2, -0.15) is 0 Å². The van der Waals surface area contributed by atoms with Crippen LogP contribution in [0, 0.1) is 13.8 Å². The van der Waals surface area contributed by atoms with E-state index < -0.39 is 0 Å². The summed E-state index contributed by atoms with van der Waals surface area (Å²) in [6.07, 6.45) is 6.06. The maximum atomic E-state index is 12.3. The first kappa shape index (κ1) is 13.3. The van der Waals surface area contributed by atoms with Crippen LogP contribution in [0.4, 0.5) is 0 Å². The van der Waals surface area contributed by atoms with E-state index in [0.717, 1.165) is 31.2 Å². The van der Waals surface area contributed by atoms with Crippen LogP contribution in [0.5, 0.6) is 0 Å². The van der Waals surface area contributed by atoms with Crippen molar-refractivity contribution in [3.05, 3.63) is 34.9 Å². The second-order valence-electron chi connectivity index (χ2n) is 5.82. The van der Waals surface area contributed by atoms with Crippen LogP contribution in [0.3, 0.4) is 0 Å². The molecule has 0 spiro atoms. The van der Waals surface area contributed by atoms with E-state index in [1.54, 1.807) is 0 Å². The Hall–Kier alpha value is -1.15. The van der Waals surface area contributed by atoms with Crippen LogP contribution in [0.2, 0.25) is 0 Å². The Balaban J connectivity index is 2.09. The van der Waals surface area contributed by atoms with E-state index in [4.69, 9.17) is 5.73 Å². The van der Waals surface area contributed by atoms with Gasteiger partial charge in [-0.25, -0.2) is 0 Å². The van der Waals surface area contributed by atoms with Crippen LogP contribution in [-0.2, 0) is 0 Å². The molecule has 0 atom stereocenters. The summed E-state index contributed by atoms with van der Waals surface area (Å²) in [5, 5.41) is 0. The zero-order chi connectivity index (χ0) is 13.2. The summed E-state index contributed by atoms with van der Waals surface area (Å²) >= 11 is 0. The fourth-order valence-corrected chi connectivity index (χ4v) is 2.77. The molecule has 98 valence electrons. The quantitative estimate of drug-likeness (QED) is 0.828. The van der Waals surface area contributed by atoms with Crippen molar-refractivity contribution in [3.8, 4) is 0 Å². The SMILES string of the molecule is Cc1ccc(C(=O)CC2(N)CCCCC2)cc1C. The average Bonchev–Trinajstić information content (AvgIpc) is 2.33.